The summed E-state index contributed by atoms with van der Waals surface area (Å²) < 4.78 is 38.4. The highest BCUT2D eigenvalue weighted by atomic mass is 19.3. The van der Waals surface area contributed by atoms with Crippen LogP contribution in [0.4, 0.5) is 13.2 Å². The summed E-state index contributed by atoms with van der Waals surface area (Å²) in [5.74, 6) is -2.03. The molecule has 0 amide bonds. The fourth-order valence-electron chi connectivity index (χ4n) is 2.21. The standard InChI is InChI=1S/C9H12FN3O.C6H6.C5H10F2/c1-2-3-7(14)8-11-9-6(10)4-5-13(9)12-8;1-2-4-6-5-3-1;1-3-5(6,7)4-2/h6H,2-5H2,1H3;1-6H;3-4H2,1-2H3. The van der Waals surface area contributed by atoms with Crippen molar-refractivity contribution < 1.29 is 18.0 Å². The summed E-state index contributed by atoms with van der Waals surface area (Å²) in [7, 11) is 0. The van der Waals surface area contributed by atoms with Gasteiger partial charge in [-0.25, -0.2) is 22.8 Å². The summed E-state index contributed by atoms with van der Waals surface area (Å²) in [4.78, 5) is 15.3. The first-order chi connectivity index (χ1) is 12.8. The summed E-state index contributed by atoms with van der Waals surface area (Å²) in [5, 5.41) is 3.98. The van der Waals surface area contributed by atoms with E-state index in [2.05, 4.69) is 10.1 Å². The van der Waals surface area contributed by atoms with Crippen LogP contribution in [-0.4, -0.2) is 26.5 Å². The van der Waals surface area contributed by atoms with E-state index in [9.17, 15) is 18.0 Å². The number of rotatable bonds is 5. The van der Waals surface area contributed by atoms with E-state index in [1.807, 2.05) is 43.3 Å². The molecule has 0 saturated heterocycles. The molecule has 0 radical (unpaired) electrons. The molecule has 1 aromatic carbocycles. The van der Waals surface area contributed by atoms with Gasteiger partial charge >= 0.3 is 0 Å². The summed E-state index contributed by atoms with van der Waals surface area (Å²) in [6, 6.07) is 12.0. The molecule has 3 rings (SSSR count). The smallest absolute Gasteiger partial charge is 0.247 e. The predicted octanol–water partition coefficient (Wildman–Crippen LogP) is 5.80. The molecular formula is C20H28F3N3O. The number of fused-ring (bicyclic) bond motifs is 1. The van der Waals surface area contributed by atoms with Crippen LogP contribution in [0.15, 0.2) is 36.4 Å². The lowest BCUT2D eigenvalue weighted by Crippen LogP contribution is -2.10. The second kappa shape index (κ2) is 11.5. The van der Waals surface area contributed by atoms with Crippen molar-refractivity contribution >= 4 is 5.78 Å². The normalized spacial score (nSPS) is 15.1. The van der Waals surface area contributed by atoms with Crippen LogP contribution in [0.2, 0.25) is 0 Å². The van der Waals surface area contributed by atoms with Gasteiger partial charge in [0.25, 0.3) is 0 Å². The van der Waals surface area contributed by atoms with Gasteiger partial charge in [0.2, 0.25) is 17.5 Å². The Morgan fingerprint density at radius 1 is 1.11 bits per heavy atom. The fraction of sp³-hybridized carbons (Fsp3) is 0.550. The number of aromatic nitrogens is 3. The molecule has 0 spiro atoms. The molecule has 1 unspecified atom stereocenters. The number of carbonyl (C=O) groups is 1. The summed E-state index contributed by atoms with van der Waals surface area (Å²) >= 11 is 0. The van der Waals surface area contributed by atoms with Gasteiger partial charge in [-0.15, -0.1) is 5.10 Å². The molecule has 1 aliphatic heterocycles. The van der Waals surface area contributed by atoms with Crippen molar-refractivity contribution in [2.75, 3.05) is 0 Å². The number of benzene rings is 1. The van der Waals surface area contributed by atoms with Crippen molar-refractivity contribution in [1.29, 1.82) is 0 Å². The van der Waals surface area contributed by atoms with Crippen molar-refractivity contribution in [2.24, 2.45) is 0 Å². The van der Waals surface area contributed by atoms with Gasteiger partial charge in [-0.1, -0.05) is 57.2 Å². The minimum Gasteiger partial charge on any atom is -0.291 e. The van der Waals surface area contributed by atoms with Gasteiger partial charge in [0.05, 0.1) is 0 Å². The van der Waals surface area contributed by atoms with Gasteiger partial charge in [0.15, 0.2) is 12.0 Å². The third kappa shape index (κ3) is 7.93. The van der Waals surface area contributed by atoms with Crippen molar-refractivity contribution in [3.8, 4) is 0 Å². The van der Waals surface area contributed by atoms with Gasteiger partial charge in [-0.3, -0.25) is 4.79 Å². The summed E-state index contributed by atoms with van der Waals surface area (Å²) in [6.07, 6.45) is 0.498. The molecular weight excluding hydrogens is 355 g/mol. The van der Waals surface area contributed by atoms with Crippen molar-refractivity contribution in [2.45, 2.75) is 71.5 Å². The fourth-order valence-corrected chi connectivity index (χ4v) is 2.21. The highest BCUT2D eigenvalue weighted by molar-refractivity contribution is 5.92. The zero-order valence-electron chi connectivity index (χ0n) is 16.2. The SMILES string of the molecule is CCC(F)(F)CC.CCCC(=O)c1nc2n(n1)CCC2F.c1ccccc1. The Balaban J connectivity index is 0.000000235. The molecule has 150 valence electrons. The number of halogens is 3. The molecule has 0 N–H and O–H groups in total. The molecule has 4 nitrogen and oxygen atoms in total. The monoisotopic (exact) mass is 383 g/mol. The van der Waals surface area contributed by atoms with E-state index < -0.39 is 12.1 Å². The van der Waals surface area contributed by atoms with Crippen LogP contribution < -0.4 is 0 Å². The van der Waals surface area contributed by atoms with Gasteiger partial charge < -0.3 is 0 Å². The van der Waals surface area contributed by atoms with Gasteiger partial charge in [0, 0.05) is 32.2 Å². The number of alkyl halides is 3. The quantitative estimate of drug-likeness (QED) is 0.613. The molecule has 7 heteroatoms. The molecule has 0 saturated carbocycles. The minimum absolute atomic E-state index is 0.0382. The molecule has 2 aromatic rings. The minimum atomic E-state index is -2.42. The maximum Gasteiger partial charge on any atom is 0.247 e. The Bertz CT molecular complexity index is 642. The average molecular weight is 383 g/mol. The molecule has 2 heterocycles. The van der Waals surface area contributed by atoms with Gasteiger partial charge in [-0.2, -0.15) is 0 Å². The first-order valence-electron chi connectivity index (χ1n) is 9.34. The van der Waals surface area contributed by atoms with Crippen LogP contribution in [-0.2, 0) is 6.54 Å². The van der Waals surface area contributed by atoms with Crippen molar-refractivity contribution in [1.82, 2.24) is 14.8 Å². The first kappa shape index (κ1) is 22.9. The molecule has 1 aliphatic rings. The Morgan fingerprint density at radius 3 is 2.00 bits per heavy atom. The zero-order valence-corrected chi connectivity index (χ0v) is 16.2. The van der Waals surface area contributed by atoms with E-state index in [0.29, 0.717) is 25.2 Å². The van der Waals surface area contributed by atoms with Crippen LogP contribution >= 0.6 is 0 Å². The molecule has 27 heavy (non-hydrogen) atoms. The van der Waals surface area contributed by atoms with E-state index in [1.165, 1.54) is 18.5 Å². The Labute approximate surface area is 158 Å². The largest absolute Gasteiger partial charge is 0.291 e. The maximum absolute atomic E-state index is 13.1. The zero-order chi connectivity index (χ0) is 20.3. The number of hydrogen-bond acceptors (Lipinski definition) is 3. The third-order valence-corrected chi connectivity index (χ3v) is 4.00. The second-order valence-electron chi connectivity index (χ2n) is 6.16. The molecule has 1 atom stereocenters. The number of Topliss-reactive ketones (excluding diaryl/α,β-unsaturated/α-hetero) is 1. The van der Waals surface area contributed by atoms with E-state index in [4.69, 9.17) is 0 Å². The lowest BCUT2D eigenvalue weighted by Gasteiger charge is -2.08. The summed E-state index contributed by atoms with van der Waals surface area (Å²) in [5.41, 5.74) is 0. The van der Waals surface area contributed by atoms with Crippen molar-refractivity contribution in [3.05, 3.63) is 48.0 Å². The second-order valence-corrected chi connectivity index (χ2v) is 6.16. The molecule has 0 bridgehead atoms. The van der Waals surface area contributed by atoms with Crippen LogP contribution in [0, 0.1) is 0 Å². The van der Waals surface area contributed by atoms with E-state index >= 15 is 0 Å². The third-order valence-electron chi connectivity index (χ3n) is 4.00. The van der Waals surface area contributed by atoms with Crippen LogP contribution in [0.5, 0.6) is 0 Å². The van der Waals surface area contributed by atoms with Crippen LogP contribution in [0.25, 0.3) is 0 Å². The highest BCUT2D eigenvalue weighted by Gasteiger charge is 2.27. The number of hydrogen-bond donors (Lipinski definition) is 0. The molecule has 0 fully saturated rings. The van der Waals surface area contributed by atoms with E-state index in [1.54, 1.807) is 0 Å². The lowest BCUT2D eigenvalue weighted by molar-refractivity contribution is -0.00647. The van der Waals surface area contributed by atoms with Crippen LogP contribution in [0.1, 0.15) is 75.5 Å². The Morgan fingerprint density at radius 2 is 1.63 bits per heavy atom. The Kier molecular flexibility index (Phi) is 9.75. The number of ketones is 1. The number of nitrogens with zero attached hydrogens (tertiary/aromatic N) is 3. The van der Waals surface area contributed by atoms with E-state index in [-0.39, 0.29) is 24.4 Å². The van der Waals surface area contributed by atoms with Crippen LogP contribution in [0.3, 0.4) is 0 Å². The maximum atomic E-state index is 13.1. The molecule has 1 aromatic heterocycles. The lowest BCUT2D eigenvalue weighted by atomic mass is 10.2. The predicted molar refractivity (Wildman–Crippen MR) is 99.7 cm³/mol. The highest BCUT2D eigenvalue weighted by Crippen LogP contribution is 2.26. The number of carbonyl (C=O) groups excluding carboxylic acids is 1. The Hall–Kier alpha value is -2.18. The van der Waals surface area contributed by atoms with Gasteiger partial charge in [0.1, 0.15) is 0 Å². The first-order valence-corrected chi connectivity index (χ1v) is 9.34. The molecule has 0 aliphatic carbocycles. The van der Waals surface area contributed by atoms with Gasteiger partial charge in [-0.05, 0) is 6.42 Å². The van der Waals surface area contributed by atoms with E-state index in [0.717, 1.165) is 6.42 Å². The van der Waals surface area contributed by atoms with Crippen molar-refractivity contribution in [3.63, 3.8) is 0 Å². The number of aryl methyl sites for hydroxylation is 1. The topological polar surface area (TPSA) is 47.8 Å². The average Bonchev–Trinajstić information content (AvgIpc) is 3.27. The summed E-state index contributed by atoms with van der Waals surface area (Å²) in [6.45, 7) is 5.43.